The molecule has 6 heteroatoms. The average molecular weight is 302 g/mol. The van der Waals surface area contributed by atoms with Crippen molar-refractivity contribution in [2.24, 2.45) is 4.99 Å². The Kier molecular flexibility index (Phi) is 5.81. The zero-order valence-electron chi connectivity index (χ0n) is 13.0. The Morgan fingerprint density at radius 3 is 2.27 bits per heavy atom. The monoisotopic (exact) mass is 302 g/mol. The van der Waals surface area contributed by atoms with Crippen LogP contribution in [0.3, 0.4) is 0 Å². The zero-order valence-corrected chi connectivity index (χ0v) is 13.0. The van der Waals surface area contributed by atoms with Gasteiger partial charge in [0.05, 0.1) is 18.7 Å². The van der Waals surface area contributed by atoms with Crippen molar-refractivity contribution < 1.29 is 19.1 Å². The number of benzene rings is 1. The van der Waals surface area contributed by atoms with Crippen molar-refractivity contribution in [3.63, 3.8) is 0 Å². The molecule has 0 aliphatic rings. The third kappa shape index (κ3) is 5.75. The summed E-state index contributed by atoms with van der Waals surface area (Å²) in [6, 6.07) is 8.62. The SMILES string of the molecule is COC(=O)C(Cc1ccc(C#N)cc1)=NC(=O)OC(C)(C)C. The second-order valence-electron chi connectivity index (χ2n) is 5.52. The number of hydrogen-bond acceptors (Lipinski definition) is 5. The molecule has 6 nitrogen and oxygen atoms in total. The number of ether oxygens (including phenoxy) is 2. The van der Waals surface area contributed by atoms with Crippen LogP contribution in [0.5, 0.6) is 0 Å². The van der Waals surface area contributed by atoms with Gasteiger partial charge in [0.1, 0.15) is 11.3 Å². The van der Waals surface area contributed by atoms with Gasteiger partial charge in [-0.25, -0.2) is 9.59 Å². The summed E-state index contributed by atoms with van der Waals surface area (Å²) in [5.41, 5.74) is 0.483. The molecule has 0 bridgehead atoms. The second-order valence-corrected chi connectivity index (χ2v) is 5.52. The van der Waals surface area contributed by atoms with Crippen LogP contribution < -0.4 is 0 Å². The minimum atomic E-state index is -0.846. The van der Waals surface area contributed by atoms with E-state index in [2.05, 4.69) is 9.73 Å². The molecule has 0 N–H and O–H groups in total. The molecule has 1 aromatic carbocycles. The molecule has 0 aliphatic carbocycles. The summed E-state index contributed by atoms with van der Waals surface area (Å²) in [5, 5.41) is 8.75. The molecule has 1 amide bonds. The van der Waals surface area contributed by atoms with Crippen molar-refractivity contribution in [2.45, 2.75) is 32.8 Å². The molecule has 0 radical (unpaired) electrons. The summed E-state index contributed by atoms with van der Waals surface area (Å²) in [7, 11) is 1.21. The third-order valence-electron chi connectivity index (χ3n) is 2.50. The first-order valence-electron chi connectivity index (χ1n) is 6.63. The summed E-state index contributed by atoms with van der Waals surface area (Å²) in [5.74, 6) is -0.699. The van der Waals surface area contributed by atoms with Gasteiger partial charge < -0.3 is 9.47 Å². The van der Waals surface area contributed by atoms with Crippen molar-refractivity contribution in [1.29, 1.82) is 5.26 Å². The molecule has 0 fully saturated rings. The van der Waals surface area contributed by atoms with Crippen LogP contribution >= 0.6 is 0 Å². The summed E-state index contributed by atoms with van der Waals surface area (Å²) < 4.78 is 9.69. The lowest BCUT2D eigenvalue weighted by molar-refractivity contribution is -0.132. The average Bonchev–Trinajstić information content (AvgIpc) is 2.44. The van der Waals surface area contributed by atoms with Crippen molar-refractivity contribution in [3.8, 4) is 6.07 Å². The molecular weight excluding hydrogens is 284 g/mol. The Bertz CT molecular complexity index is 619. The molecule has 0 heterocycles. The normalized spacial score (nSPS) is 11.5. The fraction of sp³-hybridized carbons (Fsp3) is 0.375. The van der Waals surface area contributed by atoms with Crippen LogP contribution in [0, 0.1) is 11.3 Å². The summed E-state index contributed by atoms with van der Waals surface area (Å²) in [6.07, 6.45) is -0.737. The first-order valence-corrected chi connectivity index (χ1v) is 6.63. The predicted octanol–water partition coefficient (Wildman–Crippen LogP) is 2.65. The summed E-state index contributed by atoms with van der Waals surface area (Å²) in [6.45, 7) is 5.12. The van der Waals surface area contributed by atoms with Gasteiger partial charge in [-0.15, -0.1) is 0 Å². The topological polar surface area (TPSA) is 88.8 Å². The van der Waals surface area contributed by atoms with Crippen LogP contribution in [0.1, 0.15) is 31.9 Å². The van der Waals surface area contributed by atoms with Crippen LogP contribution in [0.15, 0.2) is 29.3 Å². The zero-order chi connectivity index (χ0) is 16.8. The van der Waals surface area contributed by atoms with Crippen molar-refractivity contribution in [2.75, 3.05) is 7.11 Å². The largest absolute Gasteiger partial charge is 0.465 e. The lowest BCUT2D eigenvalue weighted by Crippen LogP contribution is -2.25. The van der Waals surface area contributed by atoms with Gasteiger partial charge in [0.25, 0.3) is 0 Å². The lowest BCUT2D eigenvalue weighted by Gasteiger charge is -2.17. The maximum atomic E-state index is 11.7. The number of rotatable bonds is 3. The van der Waals surface area contributed by atoms with E-state index in [-0.39, 0.29) is 12.1 Å². The standard InChI is InChI=1S/C16H18N2O4/c1-16(2,3)22-15(20)18-13(14(19)21-4)9-11-5-7-12(10-17)8-6-11/h5-8H,9H2,1-4H3. The highest BCUT2D eigenvalue weighted by Gasteiger charge is 2.19. The molecule has 0 spiro atoms. The van der Waals surface area contributed by atoms with E-state index in [0.717, 1.165) is 5.56 Å². The molecule has 0 unspecified atom stereocenters. The number of hydrogen-bond donors (Lipinski definition) is 0. The smallest absolute Gasteiger partial charge is 0.434 e. The van der Waals surface area contributed by atoms with Gasteiger partial charge in [-0.05, 0) is 38.5 Å². The fourth-order valence-corrected chi connectivity index (χ4v) is 1.56. The Labute approximate surface area is 129 Å². The van der Waals surface area contributed by atoms with Crippen LogP contribution in [-0.2, 0) is 20.7 Å². The van der Waals surface area contributed by atoms with Crippen molar-refractivity contribution >= 4 is 17.8 Å². The second kappa shape index (κ2) is 7.36. The number of nitriles is 1. The maximum absolute atomic E-state index is 11.7. The van der Waals surface area contributed by atoms with Gasteiger partial charge in [0.2, 0.25) is 0 Å². The fourth-order valence-electron chi connectivity index (χ4n) is 1.56. The molecule has 0 saturated carbocycles. The number of nitrogens with zero attached hydrogens (tertiary/aromatic N) is 2. The van der Waals surface area contributed by atoms with Crippen LogP contribution in [0.2, 0.25) is 0 Å². The molecule has 116 valence electrons. The van der Waals surface area contributed by atoms with E-state index < -0.39 is 17.7 Å². The maximum Gasteiger partial charge on any atom is 0.434 e. The van der Waals surface area contributed by atoms with Crippen LogP contribution in [-0.4, -0.2) is 30.5 Å². The van der Waals surface area contributed by atoms with Crippen molar-refractivity contribution in [1.82, 2.24) is 0 Å². The van der Waals surface area contributed by atoms with E-state index in [1.165, 1.54) is 7.11 Å². The van der Waals surface area contributed by atoms with Gasteiger partial charge in [-0.3, -0.25) is 0 Å². The van der Waals surface area contributed by atoms with Gasteiger partial charge in [0, 0.05) is 6.42 Å². The van der Waals surface area contributed by atoms with Crippen molar-refractivity contribution in [3.05, 3.63) is 35.4 Å². The Balaban J connectivity index is 2.95. The van der Waals surface area contributed by atoms with E-state index in [4.69, 9.17) is 10.00 Å². The number of esters is 1. The van der Waals surface area contributed by atoms with Crippen LogP contribution in [0.4, 0.5) is 4.79 Å². The molecule has 0 aromatic heterocycles. The molecular formula is C16H18N2O4. The highest BCUT2D eigenvalue weighted by molar-refractivity contribution is 6.38. The Hall–Kier alpha value is -2.68. The first-order chi connectivity index (χ1) is 10.2. The molecule has 22 heavy (non-hydrogen) atoms. The molecule has 1 aromatic rings. The quantitative estimate of drug-likeness (QED) is 0.632. The van der Waals surface area contributed by atoms with E-state index in [9.17, 15) is 9.59 Å². The summed E-state index contributed by atoms with van der Waals surface area (Å²) in [4.78, 5) is 27.1. The van der Waals surface area contributed by atoms with E-state index in [0.29, 0.717) is 5.56 Å². The number of carbonyl (C=O) groups excluding carboxylic acids is 2. The molecule has 0 saturated heterocycles. The Morgan fingerprint density at radius 2 is 1.82 bits per heavy atom. The van der Waals surface area contributed by atoms with Gasteiger partial charge in [-0.2, -0.15) is 10.3 Å². The van der Waals surface area contributed by atoms with E-state index >= 15 is 0 Å². The number of methoxy groups -OCH3 is 1. The van der Waals surface area contributed by atoms with Crippen LogP contribution in [0.25, 0.3) is 0 Å². The Morgan fingerprint density at radius 1 is 1.23 bits per heavy atom. The molecule has 0 aliphatic heterocycles. The van der Waals surface area contributed by atoms with E-state index in [1.54, 1.807) is 45.0 Å². The first kappa shape index (κ1) is 17.4. The number of amides is 1. The predicted molar refractivity (Wildman–Crippen MR) is 80.5 cm³/mol. The highest BCUT2D eigenvalue weighted by atomic mass is 16.6. The highest BCUT2D eigenvalue weighted by Crippen LogP contribution is 2.10. The number of carbonyl (C=O) groups is 2. The van der Waals surface area contributed by atoms with Gasteiger partial charge >= 0.3 is 12.1 Å². The van der Waals surface area contributed by atoms with Gasteiger partial charge in [-0.1, -0.05) is 12.1 Å². The summed E-state index contributed by atoms with van der Waals surface area (Å²) >= 11 is 0. The number of aliphatic imine (C=N–C) groups is 1. The molecule has 0 atom stereocenters. The molecule has 1 rings (SSSR count). The minimum absolute atomic E-state index is 0.0542. The van der Waals surface area contributed by atoms with Gasteiger partial charge in [0.15, 0.2) is 0 Å². The lowest BCUT2D eigenvalue weighted by atomic mass is 10.1. The van der Waals surface area contributed by atoms with E-state index in [1.807, 2.05) is 6.07 Å². The minimum Gasteiger partial charge on any atom is -0.465 e. The third-order valence-corrected chi connectivity index (χ3v) is 2.50.